The van der Waals surface area contributed by atoms with Crippen LogP contribution in [0.5, 0.6) is 11.5 Å². The Morgan fingerprint density at radius 3 is 2.69 bits per heavy atom. The van der Waals surface area contributed by atoms with Gasteiger partial charge in [0.05, 0.1) is 25.9 Å². The highest BCUT2D eigenvalue weighted by molar-refractivity contribution is 7.80. The lowest BCUT2D eigenvalue weighted by molar-refractivity contribution is -0.139. The molecule has 0 unspecified atom stereocenters. The third-order valence-corrected chi connectivity index (χ3v) is 5.48. The molecule has 3 atom stereocenters. The smallest absolute Gasteiger partial charge is 0.423 e. The van der Waals surface area contributed by atoms with E-state index in [1.165, 1.54) is 14.2 Å². The number of aromatic amines is 1. The van der Waals surface area contributed by atoms with Gasteiger partial charge >= 0.3 is 11.9 Å². The fourth-order valence-electron chi connectivity index (χ4n) is 3.54. The molecule has 3 rings (SSSR count). The Balaban J connectivity index is 1.82. The number of methoxy groups -OCH3 is 2. The number of rotatable bonds is 8. The van der Waals surface area contributed by atoms with Gasteiger partial charge in [0.1, 0.15) is 31.1 Å². The SMILES string of the molecule is C#CCO[C@H]1C[C@H](n2cc(C(F)(F)F)c(=O)[nH]c2=O)O[C@@H]1COC(=S)c1cccc(OC)c1OC. The number of alkyl halides is 3. The molecule has 0 saturated carbocycles. The molecule has 1 saturated heterocycles. The van der Waals surface area contributed by atoms with Crippen molar-refractivity contribution in [2.24, 2.45) is 0 Å². The summed E-state index contributed by atoms with van der Waals surface area (Å²) in [4.78, 5) is 25.5. The van der Waals surface area contributed by atoms with Crippen LogP contribution < -0.4 is 20.7 Å². The maximum Gasteiger partial charge on any atom is 0.423 e. The highest BCUT2D eigenvalue weighted by atomic mass is 32.1. The minimum absolute atomic E-state index is 0.0335. The molecule has 0 spiro atoms. The van der Waals surface area contributed by atoms with Gasteiger partial charge in [-0.05, 0) is 24.4 Å². The van der Waals surface area contributed by atoms with Crippen molar-refractivity contribution in [1.29, 1.82) is 0 Å². The zero-order valence-electron chi connectivity index (χ0n) is 18.6. The number of H-pyrrole nitrogens is 1. The minimum atomic E-state index is -4.97. The van der Waals surface area contributed by atoms with E-state index in [0.717, 1.165) is 0 Å². The van der Waals surface area contributed by atoms with Crippen LogP contribution in [0.25, 0.3) is 0 Å². The number of terminal acetylenes is 1. The monoisotopic (exact) mass is 514 g/mol. The normalized spacial score (nSPS) is 19.7. The van der Waals surface area contributed by atoms with Crippen LogP contribution in [0.3, 0.4) is 0 Å². The molecule has 0 aliphatic carbocycles. The molecule has 0 radical (unpaired) electrons. The van der Waals surface area contributed by atoms with Gasteiger partial charge in [0.15, 0.2) is 16.5 Å². The Bertz CT molecular complexity index is 1240. The number of thiocarbonyl (C=S) groups is 1. The summed E-state index contributed by atoms with van der Waals surface area (Å²) in [6, 6.07) is 5.03. The zero-order chi connectivity index (χ0) is 25.8. The number of nitrogens with one attached hydrogen (secondary N) is 1. The second-order valence-electron chi connectivity index (χ2n) is 7.27. The van der Waals surface area contributed by atoms with E-state index in [9.17, 15) is 22.8 Å². The maximum absolute atomic E-state index is 13.2. The zero-order valence-corrected chi connectivity index (χ0v) is 19.4. The van der Waals surface area contributed by atoms with Gasteiger partial charge in [0.2, 0.25) is 0 Å². The quantitative estimate of drug-likeness (QED) is 0.423. The van der Waals surface area contributed by atoms with Crippen LogP contribution in [0.1, 0.15) is 23.8 Å². The van der Waals surface area contributed by atoms with Crippen LogP contribution in [-0.2, 0) is 20.4 Å². The summed E-state index contributed by atoms with van der Waals surface area (Å²) in [5, 5.41) is 0.0454. The van der Waals surface area contributed by atoms with Crippen molar-refractivity contribution in [1.82, 2.24) is 9.55 Å². The maximum atomic E-state index is 13.2. The molecule has 2 aromatic rings. The standard InChI is InChI=1S/C22H21F3N2O7S/c1-4-8-32-15-9-17(27-10-13(22(23,24)25)19(28)26-21(27)29)34-16(15)11-33-20(35)12-6-5-7-14(30-2)18(12)31-3/h1,5-7,10,15-17H,8-9,11H2,2-3H3,(H,26,28,29)/t15-,16+,17+/m0/s1. The Labute approximate surface area is 202 Å². The molecule has 1 fully saturated rings. The molecule has 9 nitrogen and oxygen atoms in total. The van der Waals surface area contributed by atoms with E-state index in [-0.39, 0.29) is 24.7 Å². The molecule has 1 aromatic heterocycles. The van der Waals surface area contributed by atoms with Crippen LogP contribution in [-0.4, -0.2) is 54.2 Å². The number of nitrogens with zero attached hydrogens (tertiary/aromatic N) is 1. The summed E-state index contributed by atoms with van der Waals surface area (Å²) < 4.78 is 67.8. The predicted molar refractivity (Wildman–Crippen MR) is 121 cm³/mol. The molecular formula is C22H21F3N2O7S. The first kappa shape index (κ1) is 26.3. The molecule has 0 bridgehead atoms. The highest BCUT2D eigenvalue weighted by Gasteiger charge is 2.40. The second-order valence-corrected chi connectivity index (χ2v) is 7.64. The number of para-hydroxylation sites is 1. The molecule has 1 aliphatic rings. The van der Waals surface area contributed by atoms with Crippen LogP contribution in [0.4, 0.5) is 13.2 Å². The third-order valence-electron chi connectivity index (χ3n) is 5.15. The molecule has 35 heavy (non-hydrogen) atoms. The first-order valence-corrected chi connectivity index (χ1v) is 10.5. The Morgan fingerprint density at radius 2 is 2.06 bits per heavy atom. The average molecular weight is 514 g/mol. The van der Waals surface area contributed by atoms with Gasteiger partial charge < -0.3 is 23.7 Å². The summed E-state index contributed by atoms with van der Waals surface area (Å²) in [6.45, 7) is -0.283. The van der Waals surface area contributed by atoms with Crippen LogP contribution >= 0.6 is 12.2 Å². The Kier molecular flexibility index (Phi) is 8.21. The van der Waals surface area contributed by atoms with Crippen molar-refractivity contribution in [3.8, 4) is 23.8 Å². The number of halogens is 3. The molecular weight excluding hydrogens is 493 g/mol. The van der Waals surface area contributed by atoms with Gasteiger partial charge in [0.25, 0.3) is 5.56 Å². The molecule has 188 valence electrons. The largest absolute Gasteiger partial charge is 0.493 e. The van der Waals surface area contributed by atoms with Crippen molar-refractivity contribution < 1.29 is 36.9 Å². The molecule has 0 amide bonds. The lowest BCUT2D eigenvalue weighted by atomic mass is 10.1. The van der Waals surface area contributed by atoms with Crippen LogP contribution in [0.15, 0.2) is 34.0 Å². The number of benzene rings is 1. The van der Waals surface area contributed by atoms with E-state index >= 15 is 0 Å². The topological polar surface area (TPSA) is 101 Å². The van der Waals surface area contributed by atoms with Crippen molar-refractivity contribution in [3.63, 3.8) is 0 Å². The number of hydrogen-bond acceptors (Lipinski definition) is 8. The van der Waals surface area contributed by atoms with Gasteiger partial charge in [-0.1, -0.05) is 12.0 Å². The molecule has 1 N–H and O–H groups in total. The molecule has 1 aromatic carbocycles. The lowest BCUT2D eigenvalue weighted by Crippen LogP contribution is -2.36. The van der Waals surface area contributed by atoms with Crippen LogP contribution in [0, 0.1) is 12.3 Å². The summed E-state index contributed by atoms with van der Waals surface area (Å²) in [5.41, 5.74) is -3.71. The molecule has 1 aliphatic heterocycles. The van der Waals surface area contributed by atoms with E-state index in [2.05, 4.69) is 5.92 Å². The fraction of sp³-hybridized carbons (Fsp3) is 0.409. The van der Waals surface area contributed by atoms with E-state index in [1.807, 2.05) is 0 Å². The van der Waals surface area contributed by atoms with Gasteiger partial charge in [-0.3, -0.25) is 14.3 Å². The van der Waals surface area contributed by atoms with Crippen molar-refractivity contribution in [2.75, 3.05) is 27.4 Å². The van der Waals surface area contributed by atoms with Crippen molar-refractivity contribution >= 4 is 17.3 Å². The summed E-state index contributed by atoms with van der Waals surface area (Å²) in [5.74, 6) is 3.08. The van der Waals surface area contributed by atoms with E-state index in [1.54, 1.807) is 23.2 Å². The first-order chi connectivity index (χ1) is 16.6. The average Bonchev–Trinajstić information content (AvgIpc) is 3.22. The first-order valence-electron chi connectivity index (χ1n) is 10.1. The van der Waals surface area contributed by atoms with Crippen LogP contribution in [0.2, 0.25) is 0 Å². The van der Waals surface area contributed by atoms with Gasteiger partial charge in [0, 0.05) is 12.6 Å². The number of ether oxygens (including phenoxy) is 5. The Morgan fingerprint density at radius 1 is 1.31 bits per heavy atom. The van der Waals surface area contributed by atoms with Gasteiger partial charge in [-0.25, -0.2) is 4.79 Å². The highest BCUT2D eigenvalue weighted by Crippen LogP contribution is 2.34. The van der Waals surface area contributed by atoms with Crippen molar-refractivity contribution in [2.45, 2.75) is 31.0 Å². The van der Waals surface area contributed by atoms with E-state index < -0.39 is 41.4 Å². The summed E-state index contributed by atoms with van der Waals surface area (Å²) >= 11 is 5.35. The fourth-order valence-corrected chi connectivity index (χ4v) is 3.77. The molecule has 13 heteroatoms. The number of aromatic nitrogens is 2. The van der Waals surface area contributed by atoms with Gasteiger partial charge in [-0.2, -0.15) is 13.2 Å². The summed E-state index contributed by atoms with van der Waals surface area (Å²) in [7, 11) is 2.91. The Hall–Kier alpha value is -3.34. The van der Waals surface area contributed by atoms with E-state index in [4.69, 9.17) is 42.3 Å². The number of hydrogen-bond donors (Lipinski definition) is 1. The molecule has 2 heterocycles. The predicted octanol–water partition coefficient (Wildman–Crippen LogP) is 2.27. The van der Waals surface area contributed by atoms with Crippen molar-refractivity contribution in [3.05, 3.63) is 56.4 Å². The van der Waals surface area contributed by atoms with Gasteiger partial charge in [-0.15, -0.1) is 6.42 Å². The minimum Gasteiger partial charge on any atom is -0.493 e. The third kappa shape index (κ3) is 5.84. The van der Waals surface area contributed by atoms with E-state index in [0.29, 0.717) is 27.8 Å². The second kappa shape index (κ2) is 10.9. The summed E-state index contributed by atoms with van der Waals surface area (Å²) in [6.07, 6.45) is -2.11. The lowest BCUT2D eigenvalue weighted by Gasteiger charge is -2.20.